The maximum absolute atomic E-state index is 14.3. The number of ketones is 4. The van der Waals surface area contributed by atoms with Crippen molar-refractivity contribution < 1.29 is 61.4 Å². The number of Topliss-reactive ketones (excluding diaryl/α,β-unsaturated/α-hetero) is 4. The number of rotatable bonds is 23. The molecule has 2 aliphatic rings. The number of aliphatic carboxylic acids is 1. The third kappa shape index (κ3) is 17.4. The lowest BCUT2D eigenvalue weighted by Gasteiger charge is -2.31. The summed E-state index contributed by atoms with van der Waals surface area (Å²) in [7, 11) is 3.16. The van der Waals surface area contributed by atoms with E-state index in [2.05, 4.69) is 25.9 Å². The summed E-state index contributed by atoms with van der Waals surface area (Å²) < 4.78 is 31.7. The Morgan fingerprint density at radius 3 is 2.01 bits per heavy atom. The molecular formula is C51H63F3N6O10. The number of carboxylic acids is 1. The van der Waals surface area contributed by atoms with Crippen molar-refractivity contribution in [3.63, 3.8) is 0 Å². The van der Waals surface area contributed by atoms with Crippen LogP contribution in [0.25, 0.3) is 0 Å². The Balaban J connectivity index is 0.00000141. The molecule has 3 aromatic rings. The average Bonchev–Trinajstić information content (AvgIpc) is 3.82. The van der Waals surface area contributed by atoms with Crippen LogP contribution in [0, 0.1) is 23.7 Å². The minimum Gasteiger partial charge on any atom is -0.475 e. The summed E-state index contributed by atoms with van der Waals surface area (Å²) in [5.74, 6) is -8.78. The van der Waals surface area contributed by atoms with Crippen molar-refractivity contribution in [2.24, 2.45) is 23.7 Å². The summed E-state index contributed by atoms with van der Waals surface area (Å²) in [6.07, 6.45) is 5.47. The second-order valence-electron chi connectivity index (χ2n) is 18.0. The third-order valence-electron chi connectivity index (χ3n) is 12.6. The second-order valence-corrected chi connectivity index (χ2v) is 18.0. The predicted octanol–water partition coefficient (Wildman–Crippen LogP) is 6.13. The van der Waals surface area contributed by atoms with Gasteiger partial charge in [-0.15, -0.1) is 0 Å². The van der Waals surface area contributed by atoms with E-state index in [1.807, 2.05) is 37.3 Å². The van der Waals surface area contributed by atoms with Gasteiger partial charge in [0.1, 0.15) is 17.5 Å². The molecule has 5 rings (SSSR count). The molecule has 0 saturated heterocycles. The quantitative estimate of drug-likeness (QED) is 0.0785. The van der Waals surface area contributed by atoms with E-state index in [0.29, 0.717) is 37.7 Å². The minimum atomic E-state index is -5.08. The molecule has 2 fully saturated rings. The van der Waals surface area contributed by atoms with Crippen molar-refractivity contribution >= 4 is 52.7 Å². The number of carbonyl (C=O) groups excluding carboxylic acids is 8. The molecule has 0 spiro atoms. The van der Waals surface area contributed by atoms with Gasteiger partial charge in [-0.2, -0.15) is 13.2 Å². The number of carbonyl (C=O) groups is 9. The summed E-state index contributed by atoms with van der Waals surface area (Å²) in [4.78, 5) is 127. The first-order valence-electron chi connectivity index (χ1n) is 23.7. The maximum atomic E-state index is 14.3. The van der Waals surface area contributed by atoms with Crippen molar-refractivity contribution in [1.82, 2.24) is 30.8 Å². The molecule has 1 heterocycles. The van der Waals surface area contributed by atoms with Gasteiger partial charge >= 0.3 is 12.1 Å². The molecule has 1 unspecified atom stereocenters. The van der Waals surface area contributed by atoms with Crippen molar-refractivity contribution in [3.05, 3.63) is 96.1 Å². The maximum Gasteiger partial charge on any atom is 0.490 e. The minimum absolute atomic E-state index is 0.0855. The van der Waals surface area contributed by atoms with Crippen LogP contribution in [0.15, 0.2) is 79.3 Å². The molecule has 2 saturated carbocycles. The molecule has 0 radical (unpaired) electrons. The molecule has 2 aliphatic carbocycles. The monoisotopic (exact) mass is 976 g/mol. The Hall–Kier alpha value is -6.66. The van der Waals surface area contributed by atoms with E-state index in [1.54, 1.807) is 44.4 Å². The number of nitrogens with zero attached hydrogens (tertiary/aromatic N) is 3. The van der Waals surface area contributed by atoms with Crippen LogP contribution in [-0.2, 0) is 44.8 Å². The van der Waals surface area contributed by atoms with E-state index < -0.39 is 71.4 Å². The molecule has 378 valence electrons. The number of hydrogen-bond donors (Lipinski definition) is 4. The summed E-state index contributed by atoms with van der Waals surface area (Å²) >= 11 is 0. The van der Waals surface area contributed by atoms with Crippen LogP contribution >= 0.6 is 0 Å². The molecule has 1 aromatic heterocycles. The summed E-state index contributed by atoms with van der Waals surface area (Å²) in [6.45, 7) is 1.86. The molecular weight excluding hydrogens is 914 g/mol. The van der Waals surface area contributed by atoms with E-state index in [-0.39, 0.29) is 67.1 Å². The van der Waals surface area contributed by atoms with E-state index in [0.717, 1.165) is 37.7 Å². The molecule has 6 atom stereocenters. The number of amides is 4. The molecule has 19 heteroatoms. The molecule has 0 aliphatic heterocycles. The lowest BCUT2D eigenvalue weighted by Crippen LogP contribution is -2.49. The van der Waals surface area contributed by atoms with E-state index >= 15 is 0 Å². The van der Waals surface area contributed by atoms with Gasteiger partial charge in [0, 0.05) is 76.0 Å². The predicted molar refractivity (Wildman–Crippen MR) is 249 cm³/mol. The van der Waals surface area contributed by atoms with Crippen LogP contribution in [0.2, 0.25) is 0 Å². The molecule has 2 aromatic carbocycles. The fourth-order valence-electron chi connectivity index (χ4n) is 8.98. The first-order valence-corrected chi connectivity index (χ1v) is 23.7. The first-order chi connectivity index (χ1) is 33.3. The fourth-order valence-corrected chi connectivity index (χ4v) is 8.98. The zero-order chi connectivity index (χ0) is 51.4. The van der Waals surface area contributed by atoms with Gasteiger partial charge in [-0.25, -0.2) is 9.78 Å². The van der Waals surface area contributed by atoms with Gasteiger partial charge in [-0.1, -0.05) is 99.7 Å². The highest BCUT2D eigenvalue weighted by Gasteiger charge is 2.40. The largest absolute Gasteiger partial charge is 0.490 e. The molecule has 16 nitrogen and oxygen atoms in total. The zero-order valence-corrected chi connectivity index (χ0v) is 39.8. The summed E-state index contributed by atoms with van der Waals surface area (Å²) in [5.41, 5.74) is 1.55. The number of nitrogens with one attached hydrogen (secondary N) is 3. The van der Waals surface area contributed by atoms with Gasteiger partial charge in [0.05, 0.1) is 12.2 Å². The Kier molecular flexibility index (Phi) is 22.0. The number of likely N-dealkylation sites (N-methyl/N-ethyl adjacent to an activating group) is 1. The number of benzene rings is 2. The smallest absolute Gasteiger partial charge is 0.475 e. The first kappa shape index (κ1) is 55.9. The summed E-state index contributed by atoms with van der Waals surface area (Å²) in [5, 5.41) is 15.9. The lowest BCUT2D eigenvalue weighted by molar-refractivity contribution is -0.192. The van der Waals surface area contributed by atoms with Gasteiger partial charge in [-0.3, -0.25) is 43.3 Å². The van der Waals surface area contributed by atoms with Gasteiger partial charge in [-0.05, 0) is 55.6 Å². The molecule has 4 amide bonds. The SMILES string of the molecule is CCC[C@H](CC(=O)[C@@H]1CCC[C@@H]1NC(=O)C(CC(=O)[C@@H](NC(=O)c1cnccn1)C1CCCCC1)Cc1ccccc1)C(=O)C(=O)CCC(=O)N[C@H](C(=O)N(C)C)c1ccccc1.O=C(O)C(F)(F)F. The van der Waals surface area contributed by atoms with Crippen molar-refractivity contribution in [2.75, 3.05) is 14.1 Å². The molecule has 0 bridgehead atoms. The second kappa shape index (κ2) is 27.5. The number of aromatic nitrogens is 2. The van der Waals surface area contributed by atoms with Crippen LogP contribution < -0.4 is 16.0 Å². The van der Waals surface area contributed by atoms with Crippen LogP contribution in [0.3, 0.4) is 0 Å². The molecule has 70 heavy (non-hydrogen) atoms. The van der Waals surface area contributed by atoms with Gasteiger partial charge in [0.15, 0.2) is 11.6 Å². The standard InChI is InChI=1S/C49H62N6O8.C2HF3O2/c1-4-15-35(46(60)40(56)24-25-43(59)53-45(49(63)55(2)3)34-20-12-7-13-21-34)29-41(57)37-22-14-23-38(37)52-47(61)36(28-32-16-8-5-9-17-32)30-42(58)44(33-18-10-6-11-19-33)54-48(62)39-31-50-26-27-51-39;3-2(4,5)1(6)7/h5,7-9,12-13,16-17,20-21,26-27,31,33,35-38,44-45H,4,6,10-11,14-15,18-19,22-25,28-30H2,1-3H3,(H,52,61)(H,53,59)(H,54,62);(H,6,7)/t35-,36?,37-,38+,44+,45+;/m1./s1. The van der Waals surface area contributed by atoms with E-state index in [1.165, 1.54) is 23.5 Å². The third-order valence-corrected chi connectivity index (χ3v) is 12.6. The highest BCUT2D eigenvalue weighted by Crippen LogP contribution is 2.32. The topological polar surface area (TPSA) is 239 Å². The highest BCUT2D eigenvalue weighted by atomic mass is 19.4. The van der Waals surface area contributed by atoms with Crippen LogP contribution in [0.4, 0.5) is 13.2 Å². The van der Waals surface area contributed by atoms with Crippen molar-refractivity contribution in [3.8, 4) is 0 Å². The lowest BCUT2D eigenvalue weighted by atomic mass is 9.79. The summed E-state index contributed by atoms with van der Waals surface area (Å²) in [6, 6.07) is 15.9. The number of halogens is 3. The van der Waals surface area contributed by atoms with Crippen LogP contribution in [0.5, 0.6) is 0 Å². The van der Waals surface area contributed by atoms with Gasteiger partial charge < -0.3 is 26.0 Å². The van der Waals surface area contributed by atoms with E-state index in [4.69, 9.17) is 9.90 Å². The van der Waals surface area contributed by atoms with Crippen molar-refractivity contribution in [1.29, 1.82) is 0 Å². The number of alkyl halides is 3. The Morgan fingerprint density at radius 1 is 0.786 bits per heavy atom. The number of hydrogen-bond acceptors (Lipinski definition) is 11. The fraction of sp³-hybridized carbons (Fsp3) is 0.510. The Labute approximate surface area is 405 Å². The Morgan fingerprint density at radius 2 is 1.43 bits per heavy atom. The van der Waals surface area contributed by atoms with Gasteiger partial charge in [0.2, 0.25) is 23.5 Å². The number of carboxylic acid groups (broad SMARTS) is 1. The van der Waals surface area contributed by atoms with E-state index in [9.17, 15) is 51.5 Å². The normalized spacial score (nSPS) is 17.5. The average molecular weight is 977 g/mol. The Bertz CT molecular complexity index is 2260. The zero-order valence-electron chi connectivity index (χ0n) is 39.8. The van der Waals surface area contributed by atoms with Crippen LogP contribution in [0.1, 0.15) is 124 Å². The van der Waals surface area contributed by atoms with Gasteiger partial charge in [0.25, 0.3) is 5.91 Å². The van der Waals surface area contributed by atoms with Crippen molar-refractivity contribution in [2.45, 2.75) is 128 Å². The van der Waals surface area contributed by atoms with Crippen LogP contribution in [-0.4, -0.2) is 105 Å². The molecule has 4 N–H and O–H groups in total. The highest BCUT2D eigenvalue weighted by molar-refractivity contribution is 6.38.